The molecule has 0 radical (unpaired) electrons. The summed E-state index contributed by atoms with van der Waals surface area (Å²) in [5.74, 6) is -0.440. The number of nitriles is 1. The van der Waals surface area contributed by atoms with Crippen molar-refractivity contribution in [3.8, 4) is 6.07 Å². The Labute approximate surface area is 152 Å². The highest BCUT2D eigenvalue weighted by Crippen LogP contribution is 2.10. The number of carbonyl (C=O) groups excluding carboxylic acids is 2. The average Bonchev–Trinajstić information content (AvgIpc) is 2.64. The second kappa shape index (κ2) is 9.23. The van der Waals surface area contributed by atoms with Crippen molar-refractivity contribution < 1.29 is 14.3 Å². The lowest BCUT2D eigenvalue weighted by molar-refractivity contribution is 0.0472. The molecule has 0 saturated carbocycles. The van der Waals surface area contributed by atoms with Crippen molar-refractivity contribution in [1.29, 1.82) is 5.26 Å². The first-order valence-electron chi connectivity index (χ1n) is 8.27. The molecule has 0 atom stereocenters. The molecule has 0 aliphatic heterocycles. The number of nitrogens with zero attached hydrogens (tertiary/aromatic N) is 1. The van der Waals surface area contributed by atoms with Gasteiger partial charge < -0.3 is 15.4 Å². The van der Waals surface area contributed by atoms with Crippen LogP contribution in [0.3, 0.4) is 0 Å². The molecule has 2 aromatic carbocycles. The minimum Gasteiger partial charge on any atom is -0.457 e. The molecule has 0 aliphatic rings. The fourth-order valence-electron chi connectivity index (χ4n) is 2.22. The molecule has 6 nitrogen and oxygen atoms in total. The zero-order chi connectivity index (χ0) is 18.9. The first kappa shape index (κ1) is 19.0. The Balaban J connectivity index is 1.86. The van der Waals surface area contributed by atoms with Crippen molar-refractivity contribution in [2.24, 2.45) is 0 Å². The Morgan fingerprint density at radius 2 is 1.85 bits per heavy atom. The smallest absolute Gasteiger partial charge is 0.338 e. The minimum atomic E-state index is -0.440. The van der Waals surface area contributed by atoms with Crippen LogP contribution >= 0.6 is 0 Å². The highest BCUT2D eigenvalue weighted by molar-refractivity contribution is 5.89. The molecule has 0 aliphatic carbocycles. The second-order valence-electron chi connectivity index (χ2n) is 6.07. The van der Waals surface area contributed by atoms with Gasteiger partial charge in [0.05, 0.1) is 17.2 Å². The number of benzene rings is 2. The predicted molar refractivity (Wildman–Crippen MR) is 97.2 cm³/mol. The number of esters is 1. The minimum absolute atomic E-state index is 0.0704. The van der Waals surface area contributed by atoms with Gasteiger partial charge in [0.1, 0.15) is 6.61 Å². The molecule has 0 unspecified atom stereocenters. The number of ether oxygens (including phenoxy) is 1. The maximum Gasteiger partial charge on any atom is 0.338 e. The molecule has 2 aromatic rings. The van der Waals surface area contributed by atoms with Crippen molar-refractivity contribution >= 4 is 12.0 Å². The van der Waals surface area contributed by atoms with Gasteiger partial charge >= 0.3 is 12.0 Å². The first-order valence-corrected chi connectivity index (χ1v) is 8.27. The number of amides is 2. The predicted octanol–water partition coefficient (Wildman–Crippen LogP) is 3.12. The van der Waals surface area contributed by atoms with Gasteiger partial charge in [-0.1, -0.05) is 24.3 Å². The summed E-state index contributed by atoms with van der Waals surface area (Å²) < 4.78 is 5.27. The largest absolute Gasteiger partial charge is 0.457 e. The molecule has 6 heteroatoms. The van der Waals surface area contributed by atoms with Gasteiger partial charge in [0.25, 0.3) is 0 Å². The second-order valence-corrected chi connectivity index (χ2v) is 6.07. The van der Waals surface area contributed by atoms with Gasteiger partial charge in [0.2, 0.25) is 0 Å². The van der Waals surface area contributed by atoms with E-state index in [1.807, 2.05) is 19.9 Å². The Morgan fingerprint density at radius 1 is 1.12 bits per heavy atom. The number of hydrogen-bond donors (Lipinski definition) is 2. The Hall–Kier alpha value is -3.33. The van der Waals surface area contributed by atoms with Gasteiger partial charge in [-0.05, 0) is 49.2 Å². The topological polar surface area (TPSA) is 91.2 Å². The molecule has 0 bridgehead atoms. The summed E-state index contributed by atoms with van der Waals surface area (Å²) in [5, 5.41) is 14.4. The molecule has 0 fully saturated rings. The Bertz CT molecular complexity index is 808. The van der Waals surface area contributed by atoms with Crippen molar-refractivity contribution in [2.75, 3.05) is 0 Å². The average molecular weight is 351 g/mol. The van der Waals surface area contributed by atoms with Gasteiger partial charge in [0, 0.05) is 12.6 Å². The van der Waals surface area contributed by atoms with Crippen LogP contribution in [0.25, 0.3) is 0 Å². The highest BCUT2D eigenvalue weighted by atomic mass is 16.5. The summed E-state index contributed by atoms with van der Waals surface area (Å²) >= 11 is 0. The fourth-order valence-corrected chi connectivity index (χ4v) is 2.22. The van der Waals surface area contributed by atoms with E-state index in [-0.39, 0.29) is 18.7 Å². The summed E-state index contributed by atoms with van der Waals surface area (Å²) in [5.41, 5.74) is 2.59. The van der Waals surface area contributed by atoms with E-state index in [2.05, 4.69) is 10.6 Å². The van der Waals surface area contributed by atoms with Crippen molar-refractivity contribution in [3.05, 3.63) is 70.8 Å². The summed E-state index contributed by atoms with van der Waals surface area (Å²) in [6.07, 6.45) is 0. The maximum atomic E-state index is 12.1. The van der Waals surface area contributed by atoms with Crippen molar-refractivity contribution in [2.45, 2.75) is 33.0 Å². The van der Waals surface area contributed by atoms with Gasteiger partial charge in [-0.25, -0.2) is 9.59 Å². The highest BCUT2D eigenvalue weighted by Gasteiger charge is 2.08. The van der Waals surface area contributed by atoms with E-state index < -0.39 is 5.97 Å². The molecule has 0 heterocycles. The van der Waals surface area contributed by atoms with Gasteiger partial charge in [-0.3, -0.25) is 0 Å². The lowest BCUT2D eigenvalue weighted by Crippen LogP contribution is -2.39. The number of rotatable bonds is 6. The molecule has 2 amide bonds. The lowest BCUT2D eigenvalue weighted by atomic mass is 10.1. The number of nitrogens with one attached hydrogen (secondary N) is 2. The van der Waals surface area contributed by atoms with Crippen LogP contribution in [0.1, 0.15) is 40.9 Å². The molecule has 0 spiro atoms. The third kappa shape index (κ3) is 5.95. The van der Waals surface area contributed by atoms with Crippen LogP contribution in [0.15, 0.2) is 48.5 Å². The van der Waals surface area contributed by atoms with E-state index in [0.29, 0.717) is 17.7 Å². The van der Waals surface area contributed by atoms with E-state index in [4.69, 9.17) is 10.00 Å². The number of hydrogen-bond acceptors (Lipinski definition) is 4. The third-order valence-electron chi connectivity index (χ3n) is 3.49. The van der Waals surface area contributed by atoms with Crippen LogP contribution in [0.2, 0.25) is 0 Å². The quantitative estimate of drug-likeness (QED) is 0.782. The molecule has 0 saturated heterocycles. The molecule has 2 rings (SSSR count). The van der Waals surface area contributed by atoms with Crippen LogP contribution in [0.5, 0.6) is 0 Å². The number of carbonyl (C=O) groups is 2. The lowest BCUT2D eigenvalue weighted by Gasteiger charge is -2.10. The van der Waals surface area contributed by atoms with Crippen molar-refractivity contribution in [1.82, 2.24) is 10.6 Å². The molecule has 0 aromatic heterocycles. The fraction of sp³-hybridized carbons (Fsp3) is 0.250. The molecular weight excluding hydrogens is 330 g/mol. The summed E-state index contributed by atoms with van der Waals surface area (Å²) in [6.45, 7) is 4.25. The summed E-state index contributed by atoms with van der Waals surface area (Å²) in [7, 11) is 0. The van der Waals surface area contributed by atoms with E-state index in [1.54, 1.807) is 48.5 Å². The zero-order valence-electron chi connectivity index (χ0n) is 14.8. The molecular formula is C20H21N3O3. The maximum absolute atomic E-state index is 12.1. The Morgan fingerprint density at radius 3 is 2.50 bits per heavy atom. The molecule has 2 N–H and O–H groups in total. The van der Waals surface area contributed by atoms with Crippen LogP contribution in [-0.4, -0.2) is 18.0 Å². The van der Waals surface area contributed by atoms with Crippen LogP contribution in [0.4, 0.5) is 4.79 Å². The SMILES string of the molecule is CC(C)NC(=O)NCc1ccc(C(=O)OCc2cccc(C#N)c2)cc1. The molecule has 134 valence electrons. The van der Waals surface area contributed by atoms with E-state index in [9.17, 15) is 9.59 Å². The van der Waals surface area contributed by atoms with Gasteiger partial charge in [0.15, 0.2) is 0 Å². The Kier molecular flexibility index (Phi) is 6.75. The van der Waals surface area contributed by atoms with Crippen LogP contribution in [-0.2, 0) is 17.9 Å². The first-order chi connectivity index (χ1) is 12.5. The van der Waals surface area contributed by atoms with Crippen LogP contribution in [0, 0.1) is 11.3 Å². The summed E-state index contributed by atoms with van der Waals surface area (Å²) in [4.78, 5) is 23.7. The van der Waals surface area contributed by atoms with Crippen LogP contribution < -0.4 is 10.6 Å². The molecule has 26 heavy (non-hydrogen) atoms. The normalized spacial score (nSPS) is 10.1. The summed E-state index contributed by atoms with van der Waals surface area (Å²) in [6, 6.07) is 15.7. The van der Waals surface area contributed by atoms with Crippen molar-refractivity contribution in [3.63, 3.8) is 0 Å². The van der Waals surface area contributed by atoms with E-state index in [1.165, 1.54) is 0 Å². The van der Waals surface area contributed by atoms with E-state index >= 15 is 0 Å². The number of urea groups is 1. The third-order valence-corrected chi connectivity index (χ3v) is 3.49. The monoisotopic (exact) mass is 351 g/mol. The van der Waals surface area contributed by atoms with E-state index in [0.717, 1.165) is 11.1 Å². The van der Waals surface area contributed by atoms with Gasteiger partial charge in [-0.15, -0.1) is 0 Å². The van der Waals surface area contributed by atoms with Gasteiger partial charge in [-0.2, -0.15) is 5.26 Å². The zero-order valence-corrected chi connectivity index (χ0v) is 14.8. The standard InChI is InChI=1S/C20H21N3O3/c1-14(2)23-20(25)22-12-15-6-8-18(9-7-15)19(24)26-13-17-5-3-4-16(10-17)11-21/h3-10,14H,12-13H2,1-2H3,(H2,22,23,25).